The highest BCUT2D eigenvalue weighted by Gasteiger charge is 2.17. The third-order valence-electron chi connectivity index (χ3n) is 1.86. The molecule has 0 spiro atoms. The summed E-state index contributed by atoms with van der Waals surface area (Å²) in [5.74, 6) is -1.49. The van der Waals surface area contributed by atoms with E-state index in [0.29, 0.717) is 0 Å². The van der Waals surface area contributed by atoms with Crippen molar-refractivity contribution >= 4 is 11.9 Å². The molecule has 0 saturated heterocycles. The second-order valence-corrected chi connectivity index (χ2v) is 3.19. The fourth-order valence-electron chi connectivity index (χ4n) is 0.766. The van der Waals surface area contributed by atoms with E-state index in [4.69, 9.17) is 15.6 Å². The molecule has 0 aromatic heterocycles. The van der Waals surface area contributed by atoms with E-state index in [-0.39, 0.29) is 18.9 Å². The van der Waals surface area contributed by atoms with E-state index in [1.165, 1.54) is 0 Å². The Balaban J connectivity index is 3.81. The average Bonchev–Trinajstić information content (AvgIpc) is 2.13. The van der Waals surface area contributed by atoms with E-state index in [1.54, 1.807) is 6.92 Å². The summed E-state index contributed by atoms with van der Waals surface area (Å²) in [5, 5.41) is 8.36. The van der Waals surface area contributed by atoms with Crippen LogP contribution in [0, 0.1) is 0 Å². The van der Waals surface area contributed by atoms with E-state index >= 15 is 0 Å². The zero-order chi connectivity index (χ0) is 11.1. The van der Waals surface area contributed by atoms with Crippen LogP contribution in [-0.2, 0) is 14.3 Å². The predicted octanol–water partition coefficient (Wildman–Crippen LogP) is 0.520. The Morgan fingerprint density at radius 1 is 1.50 bits per heavy atom. The van der Waals surface area contributed by atoms with E-state index < -0.39 is 18.0 Å². The quantitative estimate of drug-likeness (QED) is 0.614. The number of ether oxygens (including phenoxy) is 1. The fourth-order valence-corrected chi connectivity index (χ4v) is 0.766. The van der Waals surface area contributed by atoms with Gasteiger partial charge in [-0.1, -0.05) is 6.92 Å². The van der Waals surface area contributed by atoms with Gasteiger partial charge in [0.2, 0.25) is 0 Å². The lowest BCUT2D eigenvalue weighted by Gasteiger charge is -2.14. The van der Waals surface area contributed by atoms with Crippen LogP contribution < -0.4 is 5.73 Å². The minimum Gasteiger partial charge on any atom is -0.481 e. The predicted molar refractivity (Wildman–Crippen MR) is 50.7 cm³/mol. The maximum atomic E-state index is 11.2. The summed E-state index contributed by atoms with van der Waals surface area (Å²) in [4.78, 5) is 21.4. The first-order chi connectivity index (χ1) is 6.47. The first kappa shape index (κ1) is 12.9. The van der Waals surface area contributed by atoms with Crippen molar-refractivity contribution in [2.45, 2.75) is 45.3 Å². The van der Waals surface area contributed by atoms with Crippen molar-refractivity contribution in [2.24, 2.45) is 5.73 Å². The lowest BCUT2D eigenvalue weighted by Crippen LogP contribution is -2.34. The minimum atomic E-state index is -0.961. The van der Waals surface area contributed by atoms with E-state index in [9.17, 15) is 9.59 Å². The molecule has 0 aromatic rings. The maximum Gasteiger partial charge on any atom is 0.323 e. The van der Waals surface area contributed by atoms with Gasteiger partial charge in [0.1, 0.15) is 6.04 Å². The molecule has 0 aliphatic heterocycles. The summed E-state index contributed by atoms with van der Waals surface area (Å²) in [6, 6.07) is -0.833. The minimum absolute atomic E-state index is 0.114. The average molecular weight is 203 g/mol. The van der Waals surface area contributed by atoms with Crippen LogP contribution in [0.3, 0.4) is 0 Å². The maximum absolute atomic E-state index is 11.2. The van der Waals surface area contributed by atoms with Gasteiger partial charge in [-0.2, -0.15) is 0 Å². The molecule has 0 aliphatic carbocycles. The number of hydrogen-bond acceptors (Lipinski definition) is 4. The topological polar surface area (TPSA) is 89.6 Å². The van der Waals surface area contributed by atoms with Gasteiger partial charge < -0.3 is 15.6 Å². The number of carbonyl (C=O) groups is 2. The Kier molecular flexibility index (Phi) is 5.87. The molecule has 5 heteroatoms. The lowest BCUT2D eigenvalue weighted by molar-refractivity contribution is -0.150. The number of aliphatic carboxylic acids is 1. The first-order valence-electron chi connectivity index (χ1n) is 4.65. The number of nitrogens with two attached hydrogens (primary N) is 1. The van der Waals surface area contributed by atoms with Crippen LogP contribution in [0.2, 0.25) is 0 Å². The normalized spacial score (nSPS) is 14.5. The van der Waals surface area contributed by atoms with Crippen molar-refractivity contribution in [3.05, 3.63) is 0 Å². The van der Waals surface area contributed by atoms with E-state index in [1.807, 2.05) is 6.92 Å². The summed E-state index contributed by atoms with van der Waals surface area (Å²) in [7, 11) is 0. The van der Waals surface area contributed by atoms with Gasteiger partial charge >= 0.3 is 11.9 Å². The monoisotopic (exact) mass is 203 g/mol. The zero-order valence-corrected chi connectivity index (χ0v) is 8.53. The van der Waals surface area contributed by atoms with Crippen LogP contribution in [-0.4, -0.2) is 29.2 Å². The second-order valence-electron chi connectivity index (χ2n) is 3.19. The summed E-state index contributed by atoms with van der Waals surface area (Å²) < 4.78 is 4.94. The number of rotatable bonds is 6. The van der Waals surface area contributed by atoms with Gasteiger partial charge in [-0.25, -0.2) is 0 Å². The van der Waals surface area contributed by atoms with E-state index in [0.717, 1.165) is 6.42 Å². The van der Waals surface area contributed by atoms with Crippen LogP contribution in [0.25, 0.3) is 0 Å². The molecular formula is C9H17NO4. The highest BCUT2D eigenvalue weighted by molar-refractivity contribution is 5.76. The van der Waals surface area contributed by atoms with E-state index in [2.05, 4.69) is 0 Å². The fraction of sp³-hybridized carbons (Fsp3) is 0.778. The third-order valence-corrected chi connectivity index (χ3v) is 1.86. The van der Waals surface area contributed by atoms with Crippen molar-refractivity contribution in [2.75, 3.05) is 0 Å². The Labute approximate surface area is 83.2 Å². The number of esters is 1. The van der Waals surface area contributed by atoms with Crippen molar-refractivity contribution in [1.29, 1.82) is 0 Å². The largest absolute Gasteiger partial charge is 0.481 e. The van der Waals surface area contributed by atoms with Gasteiger partial charge in [0.15, 0.2) is 0 Å². The number of carbonyl (C=O) groups excluding carboxylic acids is 1. The summed E-state index contributed by atoms with van der Waals surface area (Å²) in [6.45, 7) is 3.66. The van der Waals surface area contributed by atoms with Crippen LogP contribution in [0.5, 0.6) is 0 Å². The second kappa shape index (κ2) is 6.37. The van der Waals surface area contributed by atoms with Crippen LogP contribution in [0.15, 0.2) is 0 Å². The van der Waals surface area contributed by atoms with Gasteiger partial charge in [0.25, 0.3) is 0 Å². The molecule has 0 fully saturated rings. The summed E-state index contributed by atoms with van der Waals surface area (Å²) in [5.41, 5.74) is 5.43. The molecule has 14 heavy (non-hydrogen) atoms. The molecule has 0 aromatic carbocycles. The van der Waals surface area contributed by atoms with Crippen LogP contribution >= 0.6 is 0 Å². The highest BCUT2D eigenvalue weighted by atomic mass is 16.5. The molecule has 0 rings (SSSR count). The van der Waals surface area contributed by atoms with Gasteiger partial charge in [-0.15, -0.1) is 0 Å². The molecule has 0 heterocycles. The Morgan fingerprint density at radius 3 is 2.50 bits per heavy atom. The molecule has 0 radical (unpaired) electrons. The molecule has 0 bridgehead atoms. The lowest BCUT2D eigenvalue weighted by atomic mass is 10.2. The summed E-state index contributed by atoms with van der Waals surface area (Å²) in [6.07, 6.45) is 0.553. The zero-order valence-electron chi connectivity index (χ0n) is 8.53. The van der Waals surface area contributed by atoms with Crippen molar-refractivity contribution < 1.29 is 19.4 Å². The van der Waals surface area contributed by atoms with Crippen molar-refractivity contribution in [1.82, 2.24) is 0 Å². The van der Waals surface area contributed by atoms with Crippen molar-refractivity contribution in [3.63, 3.8) is 0 Å². The van der Waals surface area contributed by atoms with Crippen LogP contribution in [0.1, 0.15) is 33.1 Å². The Bertz CT molecular complexity index is 205. The molecule has 5 nitrogen and oxygen atoms in total. The number of carboxylic acid groups (broad SMARTS) is 1. The van der Waals surface area contributed by atoms with Crippen LogP contribution in [0.4, 0.5) is 0 Å². The smallest absolute Gasteiger partial charge is 0.323 e. The molecule has 0 amide bonds. The van der Waals surface area contributed by atoms with Gasteiger partial charge in [0, 0.05) is 6.42 Å². The molecule has 0 aliphatic rings. The van der Waals surface area contributed by atoms with Gasteiger partial charge in [-0.3, -0.25) is 9.59 Å². The molecule has 2 atom stereocenters. The number of hydrogen-bond donors (Lipinski definition) is 2. The van der Waals surface area contributed by atoms with Gasteiger partial charge in [0.05, 0.1) is 6.10 Å². The number of carboxylic acids is 1. The summed E-state index contributed by atoms with van der Waals surface area (Å²) >= 11 is 0. The van der Waals surface area contributed by atoms with Gasteiger partial charge in [-0.05, 0) is 19.8 Å². The SMILES string of the molecule is CCC(C)OC(=O)[C@@H](N)CCC(=O)O. The molecular weight excluding hydrogens is 186 g/mol. The Morgan fingerprint density at radius 2 is 2.07 bits per heavy atom. The first-order valence-corrected chi connectivity index (χ1v) is 4.65. The Hall–Kier alpha value is -1.10. The highest BCUT2D eigenvalue weighted by Crippen LogP contribution is 2.02. The third kappa shape index (κ3) is 5.53. The van der Waals surface area contributed by atoms with Crippen molar-refractivity contribution in [3.8, 4) is 0 Å². The molecule has 82 valence electrons. The molecule has 3 N–H and O–H groups in total. The molecule has 1 unspecified atom stereocenters. The molecule has 0 saturated carbocycles. The standard InChI is InChI=1S/C9H17NO4/c1-3-6(2)14-9(13)7(10)4-5-8(11)12/h6-7H,3-5,10H2,1-2H3,(H,11,12)/t6?,7-/m0/s1.